The number of fused-ring (bicyclic) bond motifs is 1. The van der Waals surface area contributed by atoms with Crippen molar-refractivity contribution in [3.63, 3.8) is 0 Å². The molecule has 108 valence electrons. The standard InChI is InChI=1S/C13H14F3N3S/c1-12(7-4-6(17)2-3-8(7)14)9-5-13(9,10(15)16)20-11(18)19-12/h2-4,9-10H,5,17H2,1H3,(H2,18,19)/t9-,12+,13-/m0/s1. The molecule has 1 fully saturated rings. The molecule has 1 aliphatic heterocycles. The predicted molar refractivity (Wildman–Crippen MR) is 74.2 cm³/mol. The molecule has 20 heavy (non-hydrogen) atoms. The second-order valence-electron chi connectivity index (χ2n) is 5.45. The van der Waals surface area contributed by atoms with Crippen LogP contribution in [0.15, 0.2) is 23.2 Å². The van der Waals surface area contributed by atoms with Crippen LogP contribution >= 0.6 is 11.8 Å². The van der Waals surface area contributed by atoms with E-state index in [4.69, 9.17) is 11.5 Å². The SMILES string of the molecule is C[C@]1(c2cc(N)ccc2F)N=C(N)S[C@@]2(C(F)F)C[C@@H]12. The summed E-state index contributed by atoms with van der Waals surface area (Å²) in [6.07, 6.45) is -2.25. The Labute approximate surface area is 118 Å². The van der Waals surface area contributed by atoms with E-state index in [2.05, 4.69) is 4.99 Å². The number of anilines is 1. The highest BCUT2D eigenvalue weighted by Gasteiger charge is 2.71. The number of hydrogen-bond acceptors (Lipinski definition) is 4. The number of nitrogens with zero attached hydrogens (tertiary/aromatic N) is 1. The molecule has 0 radical (unpaired) electrons. The maximum Gasteiger partial charge on any atom is 0.253 e. The largest absolute Gasteiger partial charge is 0.399 e. The number of halogens is 3. The summed E-state index contributed by atoms with van der Waals surface area (Å²) >= 11 is 0.902. The molecule has 1 aromatic rings. The topological polar surface area (TPSA) is 64.4 Å². The molecule has 3 rings (SSSR count). The van der Waals surface area contributed by atoms with Gasteiger partial charge < -0.3 is 11.5 Å². The van der Waals surface area contributed by atoms with Crippen molar-refractivity contribution in [1.29, 1.82) is 0 Å². The summed E-state index contributed by atoms with van der Waals surface area (Å²) in [5, 5.41) is 0.0726. The van der Waals surface area contributed by atoms with E-state index in [9.17, 15) is 13.2 Å². The summed E-state index contributed by atoms with van der Waals surface area (Å²) < 4.78 is 39.5. The summed E-state index contributed by atoms with van der Waals surface area (Å²) in [6, 6.07) is 4.12. The molecule has 3 atom stereocenters. The second-order valence-corrected chi connectivity index (χ2v) is 6.83. The van der Waals surface area contributed by atoms with Gasteiger partial charge in [-0.3, -0.25) is 4.99 Å². The predicted octanol–water partition coefficient (Wildman–Crippen LogP) is 2.71. The minimum atomic E-state index is -2.52. The number of benzene rings is 1. The molecule has 1 heterocycles. The molecule has 1 saturated carbocycles. The van der Waals surface area contributed by atoms with Crippen LogP contribution in [0.2, 0.25) is 0 Å². The third kappa shape index (κ3) is 1.72. The third-order valence-corrected chi connectivity index (χ3v) is 5.48. The number of nitrogen functional groups attached to an aromatic ring is 1. The molecule has 2 aliphatic rings. The second kappa shape index (κ2) is 4.07. The van der Waals surface area contributed by atoms with E-state index in [0.717, 1.165) is 11.8 Å². The van der Waals surface area contributed by atoms with Crippen LogP contribution in [0.5, 0.6) is 0 Å². The highest BCUT2D eigenvalue weighted by molar-refractivity contribution is 8.15. The Kier molecular flexibility index (Phi) is 2.77. The quantitative estimate of drug-likeness (QED) is 0.826. The van der Waals surface area contributed by atoms with Crippen molar-refractivity contribution < 1.29 is 13.2 Å². The van der Waals surface area contributed by atoms with Crippen LogP contribution in [0.3, 0.4) is 0 Å². The van der Waals surface area contributed by atoms with Crippen molar-refractivity contribution in [2.24, 2.45) is 16.6 Å². The highest BCUT2D eigenvalue weighted by Crippen LogP contribution is 2.68. The minimum absolute atomic E-state index is 0.0726. The van der Waals surface area contributed by atoms with Gasteiger partial charge in [-0.05, 0) is 31.5 Å². The lowest BCUT2D eigenvalue weighted by Gasteiger charge is -2.34. The molecule has 7 heteroatoms. The zero-order valence-corrected chi connectivity index (χ0v) is 11.6. The number of amidine groups is 1. The number of thioether (sulfide) groups is 1. The first-order chi connectivity index (χ1) is 9.29. The van der Waals surface area contributed by atoms with E-state index >= 15 is 0 Å². The zero-order chi connectivity index (χ0) is 14.7. The van der Waals surface area contributed by atoms with E-state index < -0.39 is 28.4 Å². The Bertz CT molecular complexity index is 607. The van der Waals surface area contributed by atoms with Crippen LogP contribution in [0, 0.1) is 11.7 Å². The smallest absolute Gasteiger partial charge is 0.253 e. The van der Waals surface area contributed by atoms with Crippen molar-refractivity contribution in [1.82, 2.24) is 0 Å². The Morgan fingerprint density at radius 1 is 1.40 bits per heavy atom. The molecule has 0 amide bonds. The van der Waals surface area contributed by atoms with Crippen LogP contribution in [0.1, 0.15) is 18.9 Å². The molecule has 0 spiro atoms. The maximum atomic E-state index is 14.1. The lowest BCUT2D eigenvalue weighted by Crippen LogP contribution is -2.38. The van der Waals surface area contributed by atoms with E-state index in [1.165, 1.54) is 18.2 Å². The summed E-state index contributed by atoms with van der Waals surface area (Å²) in [4.78, 5) is 4.26. The van der Waals surface area contributed by atoms with Gasteiger partial charge in [-0.2, -0.15) is 0 Å². The Hall–Kier alpha value is -1.37. The van der Waals surface area contributed by atoms with Gasteiger partial charge in [0.15, 0.2) is 5.17 Å². The van der Waals surface area contributed by atoms with Gasteiger partial charge in [-0.25, -0.2) is 13.2 Å². The fourth-order valence-electron chi connectivity index (χ4n) is 3.04. The number of rotatable bonds is 2. The summed E-state index contributed by atoms with van der Waals surface area (Å²) in [5.74, 6) is -0.941. The van der Waals surface area contributed by atoms with E-state index in [-0.39, 0.29) is 17.2 Å². The first kappa shape index (κ1) is 13.6. The summed E-state index contributed by atoms with van der Waals surface area (Å²) in [5.41, 5.74) is 10.9. The van der Waals surface area contributed by atoms with Gasteiger partial charge in [0.1, 0.15) is 5.82 Å². The fourth-order valence-corrected chi connectivity index (χ4v) is 4.37. The average molecular weight is 301 g/mol. The molecule has 1 aliphatic carbocycles. The van der Waals surface area contributed by atoms with Crippen LogP contribution in [0.25, 0.3) is 0 Å². The van der Waals surface area contributed by atoms with Crippen LogP contribution in [-0.4, -0.2) is 16.3 Å². The Morgan fingerprint density at radius 2 is 2.10 bits per heavy atom. The van der Waals surface area contributed by atoms with Gasteiger partial charge in [-0.1, -0.05) is 11.8 Å². The van der Waals surface area contributed by atoms with Gasteiger partial charge in [-0.15, -0.1) is 0 Å². The molecule has 0 saturated heterocycles. The molecule has 1 aromatic carbocycles. The van der Waals surface area contributed by atoms with Gasteiger partial charge in [0.05, 0.1) is 10.3 Å². The van der Waals surface area contributed by atoms with Crippen LogP contribution in [0.4, 0.5) is 18.9 Å². The zero-order valence-electron chi connectivity index (χ0n) is 10.7. The maximum absolute atomic E-state index is 14.1. The molecule has 0 unspecified atom stereocenters. The van der Waals surface area contributed by atoms with E-state index in [0.29, 0.717) is 5.69 Å². The van der Waals surface area contributed by atoms with Gasteiger partial charge in [0.2, 0.25) is 0 Å². The number of alkyl halides is 2. The van der Waals surface area contributed by atoms with E-state index in [1.54, 1.807) is 6.92 Å². The lowest BCUT2D eigenvalue weighted by atomic mass is 9.85. The minimum Gasteiger partial charge on any atom is -0.399 e. The molecule has 3 nitrogen and oxygen atoms in total. The van der Waals surface area contributed by atoms with Gasteiger partial charge >= 0.3 is 0 Å². The van der Waals surface area contributed by atoms with Crippen LogP contribution in [-0.2, 0) is 5.54 Å². The highest BCUT2D eigenvalue weighted by atomic mass is 32.2. The molecular formula is C13H14F3N3S. The van der Waals surface area contributed by atoms with Crippen molar-refractivity contribution in [3.05, 3.63) is 29.6 Å². The van der Waals surface area contributed by atoms with E-state index in [1.807, 2.05) is 0 Å². The molecule has 0 aromatic heterocycles. The van der Waals surface area contributed by atoms with Crippen molar-refractivity contribution >= 4 is 22.6 Å². The van der Waals surface area contributed by atoms with Crippen LogP contribution < -0.4 is 11.5 Å². The van der Waals surface area contributed by atoms with Crippen molar-refractivity contribution in [2.45, 2.75) is 30.1 Å². The van der Waals surface area contributed by atoms with Crippen molar-refractivity contribution in [3.8, 4) is 0 Å². The summed E-state index contributed by atoms with van der Waals surface area (Å²) in [7, 11) is 0. The molecular weight excluding hydrogens is 287 g/mol. The average Bonchev–Trinajstić information content (AvgIpc) is 3.09. The number of nitrogens with two attached hydrogens (primary N) is 2. The van der Waals surface area contributed by atoms with Crippen molar-refractivity contribution in [2.75, 3.05) is 5.73 Å². The normalized spacial score (nSPS) is 35.6. The first-order valence-electron chi connectivity index (χ1n) is 6.17. The molecule has 4 N–H and O–H groups in total. The Balaban J connectivity index is 2.12. The lowest BCUT2D eigenvalue weighted by molar-refractivity contribution is 0.124. The number of aliphatic imine (C=N–C) groups is 1. The van der Waals surface area contributed by atoms with Gasteiger partial charge in [0.25, 0.3) is 6.43 Å². The summed E-state index contributed by atoms with van der Waals surface area (Å²) in [6.45, 7) is 1.65. The molecule has 0 bridgehead atoms. The Morgan fingerprint density at radius 3 is 2.75 bits per heavy atom. The monoisotopic (exact) mass is 301 g/mol. The fraction of sp³-hybridized carbons (Fsp3) is 0.462. The first-order valence-corrected chi connectivity index (χ1v) is 6.99. The van der Waals surface area contributed by atoms with Gasteiger partial charge in [0, 0.05) is 17.2 Å². The number of hydrogen-bond donors (Lipinski definition) is 2. The third-order valence-electron chi connectivity index (χ3n) is 4.17.